The minimum atomic E-state index is -0.0480. The van der Waals surface area contributed by atoms with E-state index in [0.29, 0.717) is 26.1 Å². The van der Waals surface area contributed by atoms with Gasteiger partial charge in [-0.15, -0.1) is 6.58 Å². The van der Waals surface area contributed by atoms with Crippen molar-refractivity contribution in [2.24, 2.45) is 7.05 Å². The van der Waals surface area contributed by atoms with Gasteiger partial charge >= 0.3 is 0 Å². The largest absolute Gasteiger partial charge is 0.353 e. The summed E-state index contributed by atoms with van der Waals surface area (Å²) < 4.78 is 2.02. The molecule has 0 aliphatic rings. The van der Waals surface area contributed by atoms with Crippen LogP contribution in [0.5, 0.6) is 0 Å². The molecular weight excluding hydrogens is 398 g/mol. The Morgan fingerprint density at radius 3 is 2.28 bits per heavy atom. The van der Waals surface area contributed by atoms with Crippen LogP contribution >= 0.6 is 0 Å². The molecule has 1 aromatic heterocycles. The van der Waals surface area contributed by atoms with Crippen molar-refractivity contribution in [1.29, 1.82) is 0 Å². The van der Waals surface area contributed by atoms with Crippen LogP contribution < -0.4 is 0 Å². The summed E-state index contributed by atoms with van der Waals surface area (Å²) in [7, 11) is 1.98. The highest BCUT2D eigenvalue weighted by atomic mass is 16.2. The second kappa shape index (κ2) is 14.3. The van der Waals surface area contributed by atoms with Crippen LogP contribution in [0.15, 0.2) is 61.3 Å². The molecule has 32 heavy (non-hydrogen) atoms. The third-order valence-corrected chi connectivity index (χ3v) is 5.75. The molecule has 0 spiro atoms. The molecule has 0 N–H and O–H groups in total. The minimum Gasteiger partial charge on any atom is -0.353 e. The van der Waals surface area contributed by atoms with Gasteiger partial charge in [-0.1, -0.05) is 75.4 Å². The molecular formula is C27H39N3O2. The number of carbonyl (C=O) groups excluding carboxylic acids is 2. The standard InChI is InChI=1S/C27H39N3O2/c1-4-6-7-8-9-13-18-26(31)29(19-5-2)23-27(32)30(21-24-15-11-10-12-16-24)22-25-17-14-20-28(25)3/h5,10-12,14-17,20H,2,4,6-9,13,18-19,21-23H2,1,3H3. The van der Waals surface area contributed by atoms with Gasteiger partial charge in [0.2, 0.25) is 11.8 Å². The van der Waals surface area contributed by atoms with Crippen molar-refractivity contribution in [3.63, 3.8) is 0 Å². The molecule has 2 amide bonds. The normalized spacial score (nSPS) is 10.7. The van der Waals surface area contributed by atoms with Crippen molar-refractivity contribution in [1.82, 2.24) is 14.4 Å². The Hall–Kier alpha value is -2.82. The Labute approximate surface area is 193 Å². The van der Waals surface area contributed by atoms with Gasteiger partial charge in [0.15, 0.2) is 0 Å². The molecule has 0 radical (unpaired) electrons. The first-order valence-corrected chi connectivity index (χ1v) is 11.9. The van der Waals surface area contributed by atoms with Crippen LogP contribution in [-0.2, 0) is 29.7 Å². The van der Waals surface area contributed by atoms with Gasteiger partial charge in [0.1, 0.15) is 6.54 Å². The molecule has 0 aliphatic carbocycles. The van der Waals surface area contributed by atoms with Gasteiger partial charge in [-0.2, -0.15) is 0 Å². The number of unbranched alkanes of at least 4 members (excludes halogenated alkanes) is 5. The molecule has 0 saturated carbocycles. The summed E-state index contributed by atoms with van der Waals surface area (Å²) in [4.78, 5) is 29.6. The van der Waals surface area contributed by atoms with Gasteiger partial charge in [-0.25, -0.2) is 0 Å². The average Bonchev–Trinajstić information content (AvgIpc) is 3.20. The maximum Gasteiger partial charge on any atom is 0.242 e. The van der Waals surface area contributed by atoms with Gasteiger partial charge in [0, 0.05) is 38.4 Å². The second-order valence-electron chi connectivity index (χ2n) is 8.43. The zero-order valence-corrected chi connectivity index (χ0v) is 19.8. The van der Waals surface area contributed by atoms with Crippen molar-refractivity contribution in [3.8, 4) is 0 Å². The number of rotatable bonds is 15. The molecule has 2 aromatic rings. The third-order valence-electron chi connectivity index (χ3n) is 5.75. The quantitative estimate of drug-likeness (QED) is 0.280. The Bertz CT molecular complexity index is 828. The molecule has 0 bridgehead atoms. The minimum absolute atomic E-state index is 0.0345. The number of aromatic nitrogens is 1. The summed E-state index contributed by atoms with van der Waals surface area (Å²) in [6, 6.07) is 14.0. The lowest BCUT2D eigenvalue weighted by molar-refractivity contribution is -0.141. The molecule has 0 aliphatic heterocycles. The number of amides is 2. The Balaban J connectivity index is 2.00. The number of hydrogen-bond acceptors (Lipinski definition) is 2. The predicted octanol–water partition coefficient (Wildman–Crippen LogP) is 5.32. The highest BCUT2D eigenvalue weighted by Crippen LogP contribution is 2.13. The van der Waals surface area contributed by atoms with E-state index in [1.165, 1.54) is 25.7 Å². The van der Waals surface area contributed by atoms with Crippen LogP contribution in [-0.4, -0.2) is 39.3 Å². The van der Waals surface area contributed by atoms with E-state index in [0.717, 1.165) is 24.1 Å². The number of benzene rings is 1. The van der Waals surface area contributed by atoms with E-state index < -0.39 is 0 Å². The van der Waals surface area contributed by atoms with Crippen molar-refractivity contribution in [2.45, 2.75) is 65.0 Å². The first-order valence-electron chi connectivity index (χ1n) is 11.9. The molecule has 0 fully saturated rings. The Morgan fingerprint density at radius 1 is 0.906 bits per heavy atom. The van der Waals surface area contributed by atoms with Crippen molar-refractivity contribution < 1.29 is 9.59 Å². The van der Waals surface area contributed by atoms with Crippen LogP contribution in [0.25, 0.3) is 0 Å². The number of aryl methyl sites for hydroxylation is 1. The van der Waals surface area contributed by atoms with E-state index >= 15 is 0 Å². The number of carbonyl (C=O) groups is 2. The molecule has 174 valence electrons. The van der Waals surface area contributed by atoms with Gasteiger partial charge in [0.05, 0.1) is 6.54 Å². The van der Waals surface area contributed by atoms with Crippen LogP contribution in [0.1, 0.15) is 63.1 Å². The topological polar surface area (TPSA) is 45.6 Å². The van der Waals surface area contributed by atoms with Gasteiger partial charge in [-0.05, 0) is 24.1 Å². The summed E-state index contributed by atoms with van der Waals surface area (Å²) in [6.45, 7) is 7.48. The Morgan fingerprint density at radius 2 is 1.62 bits per heavy atom. The molecule has 5 nitrogen and oxygen atoms in total. The first kappa shape index (κ1) is 25.4. The van der Waals surface area contributed by atoms with E-state index in [-0.39, 0.29) is 18.4 Å². The smallest absolute Gasteiger partial charge is 0.242 e. The highest BCUT2D eigenvalue weighted by Gasteiger charge is 2.21. The lowest BCUT2D eigenvalue weighted by Gasteiger charge is -2.27. The van der Waals surface area contributed by atoms with Crippen LogP contribution in [0.2, 0.25) is 0 Å². The van der Waals surface area contributed by atoms with E-state index in [1.807, 2.05) is 65.2 Å². The van der Waals surface area contributed by atoms with Crippen LogP contribution in [0.4, 0.5) is 0 Å². The van der Waals surface area contributed by atoms with Gasteiger partial charge in [-0.3, -0.25) is 9.59 Å². The maximum absolute atomic E-state index is 13.3. The fraction of sp³-hybridized carbons (Fsp3) is 0.481. The fourth-order valence-corrected chi connectivity index (χ4v) is 3.78. The molecule has 0 unspecified atom stereocenters. The van der Waals surface area contributed by atoms with Gasteiger partial charge < -0.3 is 14.4 Å². The Kier molecular flexibility index (Phi) is 11.4. The average molecular weight is 438 g/mol. The maximum atomic E-state index is 13.3. The summed E-state index contributed by atoms with van der Waals surface area (Å²) in [6.07, 6.45) is 11.0. The molecule has 5 heteroatoms. The van der Waals surface area contributed by atoms with Crippen LogP contribution in [0.3, 0.4) is 0 Å². The van der Waals surface area contributed by atoms with Crippen molar-refractivity contribution in [3.05, 3.63) is 72.6 Å². The van der Waals surface area contributed by atoms with Crippen molar-refractivity contribution in [2.75, 3.05) is 13.1 Å². The van der Waals surface area contributed by atoms with Crippen LogP contribution in [0, 0.1) is 0 Å². The SMILES string of the molecule is C=CCN(CC(=O)N(Cc1ccccc1)Cc1cccn1C)C(=O)CCCCCCCC. The molecule has 2 rings (SSSR count). The molecule has 1 aromatic carbocycles. The zero-order chi connectivity index (χ0) is 23.2. The summed E-state index contributed by atoms with van der Waals surface area (Å²) in [5.74, 6) is -0.0135. The second-order valence-corrected chi connectivity index (χ2v) is 8.43. The number of nitrogens with zero attached hydrogens (tertiary/aromatic N) is 3. The van der Waals surface area contributed by atoms with E-state index in [4.69, 9.17) is 0 Å². The first-order chi connectivity index (χ1) is 15.5. The highest BCUT2D eigenvalue weighted by molar-refractivity contribution is 5.85. The van der Waals surface area contributed by atoms with E-state index in [2.05, 4.69) is 13.5 Å². The predicted molar refractivity (Wildman–Crippen MR) is 131 cm³/mol. The fourth-order valence-electron chi connectivity index (χ4n) is 3.78. The molecule has 0 saturated heterocycles. The van der Waals surface area contributed by atoms with E-state index in [9.17, 15) is 9.59 Å². The molecule has 0 atom stereocenters. The van der Waals surface area contributed by atoms with E-state index in [1.54, 1.807) is 11.0 Å². The monoisotopic (exact) mass is 437 g/mol. The lowest BCUT2D eigenvalue weighted by Crippen LogP contribution is -2.42. The summed E-state index contributed by atoms with van der Waals surface area (Å²) in [5.41, 5.74) is 2.13. The zero-order valence-electron chi connectivity index (χ0n) is 19.8. The van der Waals surface area contributed by atoms with Gasteiger partial charge in [0.25, 0.3) is 0 Å². The molecule has 1 heterocycles. The third kappa shape index (κ3) is 8.74. The number of hydrogen-bond donors (Lipinski definition) is 0. The summed E-state index contributed by atoms with van der Waals surface area (Å²) >= 11 is 0. The lowest BCUT2D eigenvalue weighted by atomic mass is 10.1. The van der Waals surface area contributed by atoms with Crippen molar-refractivity contribution >= 4 is 11.8 Å². The summed E-state index contributed by atoms with van der Waals surface area (Å²) in [5, 5.41) is 0.